The van der Waals surface area contributed by atoms with Crippen molar-refractivity contribution in [3.05, 3.63) is 60.0 Å². The Bertz CT molecular complexity index is 868. The molecule has 116 valence electrons. The van der Waals surface area contributed by atoms with Crippen LogP contribution in [0.15, 0.2) is 48.7 Å². The van der Waals surface area contributed by atoms with E-state index >= 15 is 0 Å². The molecule has 0 bridgehead atoms. The van der Waals surface area contributed by atoms with Crippen molar-refractivity contribution < 1.29 is 9.18 Å². The van der Waals surface area contributed by atoms with E-state index in [1.54, 1.807) is 18.3 Å². The van der Waals surface area contributed by atoms with Gasteiger partial charge in [0.15, 0.2) is 0 Å². The number of carbonyl (C=O) groups excluding carboxylic acids is 1. The lowest BCUT2D eigenvalue weighted by atomic mass is 10.1. The first-order valence-corrected chi connectivity index (χ1v) is 7.43. The first-order valence-electron chi connectivity index (χ1n) is 7.43. The lowest BCUT2D eigenvalue weighted by Crippen LogP contribution is -2.38. The molecule has 1 aromatic heterocycles. The summed E-state index contributed by atoms with van der Waals surface area (Å²) in [6.45, 7) is 0. The second kappa shape index (κ2) is 5.08. The van der Waals surface area contributed by atoms with Crippen molar-refractivity contribution in [3.8, 4) is 0 Å². The standard InChI is InChI=1S/C17H15FN4O/c18-13-4-2-12(3-5-13)17(7-8-17)21-16(23)20-14-6-1-11-10-19-22-15(11)9-14/h1-6,9-10H,7-8H2,(H,19,22)(H2,20,21,23). The Labute approximate surface area is 131 Å². The fourth-order valence-corrected chi connectivity index (χ4v) is 2.77. The Kier molecular flexibility index (Phi) is 3.04. The number of carbonyl (C=O) groups is 1. The molecule has 0 saturated heterocycles. The molecule has 2 aromatic carbocycles. The van der Waals surface area contributed by atoms with Crippen molar-refractivity contribution in [1.82, 2.24) is 15.5 Å². The molecule has 5 nitrogen and oxygen atoms in total. The number of urea groups is 1. The van der Waals surface area contributed by atoms with Gasteiger partial charge in [0.05, 0.1) is 17.3 Å². The van der Waals surface area contributed by atoms with Gasteiger partial charge in [-0.25, -0.2) is 9.18 Å². The van der Waals surface area contributed by atoms with Crippen LogP contribution in [0.4, 0.5) is 14.9 Å². The predicted molar refractivity (Wildman–Crippen MR) is 85.6 cm³/mol. The minimum absolute atomic E-state index is 0.273. The molecular weight excluding hydrogens is 295 g/mol. The monoisotopic (exact) mass is 310 g/mol. The summed E-state index contributed by atoms with van der Waals surface area (Å²) in [5, 5.41) is 13.6. The van der Waals surface area contributed by atoms with Gasteiger partial charge in [-0.15, -0.1) is 0 Å². The lowest BCUT2D eigenvalue weighted by molar-refractivity contribution is 0.247. The van der Waals surface area contributed by atoms with E-state index in [1.807, 2.05) is 18.2 Å². The zero-order chi connectivity index (χ0) is 15.9. The molecule has 1 saturated carbocycles. The molecule has 0 spiro atoms. The number of amides is 2. The third kappa shape index (κ3) is 2.63. The quantitative estimate of drug-likeness (QED) is 0.693. The predicted octanol–water partition coefficient (Wildman–Crippen LogP) is 3.51. The van der Waals surface area contributed by atoms with Gasteiger partial charge in [-0.2, -0.15) is 5.10 Å². The van der Waals surface area contributed by atoms with Crippen LogP contribution >= 0.6 is 0 Å². The Morgan fingerprint density at radius 2 is 1.96 bits per heavy atom. The van der Waals surface area contributed by atoms with Crippen LogP contribution in [-0.2, 0) is 5.54 Å². The average Bonchev–Trinajstić information content (AvgIpc) is 3.15. The molecular formula is C17H15FN4O. The first-order chi connectivity index (χ1) is 11.1. The van der Waals surface area contributed by atoms with Crippen LogP contribution in [0.1, 0.15) is 18.4 Å². The first kappa shape index (κ1) is 13.8. The maximum absolute atomic E-state index is 13.0. The summed E-state index contributed by atoms with van der Waals surface area (Å²) >= 11 is 0. The van der Waals surface area contributed by atoms with Crippen molar-refractivity contribution in [1.29, 1.82) is 0 Å². The van der Waals surface area contributed by atoms with Gasteiger partial charge in [-0.1, -0.05) is 12.1 Å². The Balaban J connectivity index is 1.48. The molecule has 1 aliphatic rings. The summed E-state index contributed by atoms with van der Waals surface area (Å²) in [4.78, 5) is 12.3. The van der Waals surface area contributed by atoms with Crippen LogP contribution in [0.2, 0.25) is 0 Å². The second-order valence-electron chi connectivity index (χ2n) is 5.84. The number of anilines is 1. The molecule has 1 heterocycles. The van der Waals surface area contributed by atoms with Crippen LogP contribution in [0.3, 0.4) is 0 Å². The molecule has 0 radical (unpaired) electrons. The Morgan fingerprint density at radius 1 is 1.17 bits per heavy atom. The summed E-state index contributed by atoms with van der Waals surface area (Å²) in [6.07, 6.45) is 3.43. The molecule has 23 heavy (non-hydrogen) atoms. The van der Waals surface area contributed by atoms with Gasteiger partial charge >= 0.3 is 6.03 Å². The number of benzene rings is 2. The minimum Gasteiger partial charge on any atom is -0.328 e. The fourth-order valence-electron chi connectivity index (χ4n) is 2.77. The average molecular weight is 310 g/mol. The van der Waals surface area contributed by atoms with Crippen molar-refractivity contribution in [2.75, 3.05) is 5.32 Å². The van der Waals surface area contributed by atoms with E-state index in [1.165, 1.54) is 12.1 Å². The van der Waals surface area contributed by atoms with Gasteiger partial charge in [0, 0.05) is 11.1 Å². The molecule has 3 N–H and O–H groups in total. The molecule has 0 atom stereocenters. The molecule has 0 unspecified atom stereocenters. The minimum atomic E-state index is -0.379. The number of hydrogen-bond donors (Lipinski definition) is 3. The number of nitrogens with zero attached hydrogens (tertiary/aromatic N) is 1. The molecule has 1 aliphatic carbocycles. The summed E-state index contributed by atoms with van der Waals surface area (Å²) < 4.78 is 13.0. The highest BCUT2D eigenvalue weighted by molar-refractivity contribution is 5.93. The van der Waals surface area contributed by atoms with Gasteiger partial charge in [0.25, 0.3) is 0 Å². The third-order valence-electron chi connectivity index (χ3n) is 4.20. The maximum Gasteiger partial charge on any atom is 0.319 e. The van der Waals surface area contributed by atoms with Gasteiger partial charge < -0.3 is 10.6 Å². The van der Waals surface area contributed by atoms with Crippen molar-refractivity contribution >= 4 is 22.6 Å². The van der Waals surface area contributed by atoms with Crippen LogP contribution in [0, 0.1) is 5.82 Å². The number of fused-ring (bicyclic) bond motifs is 1. The van der Waals surface area contributed by atoms with E-state index in [9.17, 15) is 9.18 Å². The van der Waals surface area contributed by atoms with Crippen LogP contribution in [0.25, 0.3) is 10.9 Å². The van der Waals surface area contributed by atoms with Crippen LogP contribution < -0.4 is 10.6 Å². The highest BCUT2D eigenvalue weighted by atomic mass is 19.1. The SMILES string of the molecule is O=C(Nc1ccc2cn[nH]c2c1)NC1(c2ccc(F)cc2)CC1. The van der Waals surface area contributed by atoms with E-state index in [2.05, 4.69) is 20.8 Å². The molecule has 1 fully saturated rings. The van der Waals surface area contributed by atoms with Gasteiger partial charge in [0.2, 0.25) is 0 Å². The topological polar surface area (TPSA) is 69.8 Å². The zero-order valence-electron chi connectivity index (χ0n) is 12.3. The van der Waals surface area contributed by atoms with Crippen LogP contribution in [0.5, 0.6) is 0 Å². The number of H-pyrrole nitrogens is 1. The zero-order valence-corrected chi connectivity index (χ0v) is 12.3. The van der Waals surface area contributed by atoms with E-state index in [0.29, 0.717) is 5.69 Å². The maximum atomic E-state index is 13.0. The second-order valence-corrected chi connectivity index (χ2v) is 5.84. The number of aromatic amines is 1. The van der Waals surface area contributed by atoms with Crippen LogP contribution in [-0.4, -0.2) is 16.2 Å². The number of aromatic nitrogens is 2. The molecule has 2 amide bonds. The summed E-state index contributed by atoms with van der Waals surface area (Å²) in [6, 6.07) is 11.6. The Morgan fingerprint density at radius 3 is 2.70 bits per heavy atom. The molecule has 0 aliphatic heterocycles. The van der Waals surface area contributed by atoms with Gasteiger partial charge in [-0.05, 0) is 48.7 Å². The normalized spacial score (nSPS) is 15.3. The largest absolute Gasteiger partial charge is 0.328 e. The summed E-state index contributed by atoms with van der Waals surface area (Å²) in [5.74, 6) is -0.276. The highest BCUT2D eigenvalue weighted by Gasteiger charge is 2.45. The lowest BCUT2D eigenvalue weighted by Gasteiger charge is -2.18. The number of hydrogen-bond acceptors (Lipinski definition) is 2. The van der Waals surface area contributed by atoms with E-state index in [4.69, 9.17) is 0 Å². The number of rotatable bonds is 3. The van der Waals surface area contributed by atoms with Gasteiger partial charge in [-0.3, -0.25) is 5.10 Å². The number of nitrogens with one attached hydrogen (secondary N) is 3. The molecule has 3 aromatic rings. The Hall–Kier alpha value is -2.89. The van der Waals surface area contributed by atoms with Crippen molar-refractivity contribution in [3.63, 3.8) is 0 Å². The molecule has 4 rings (SSSR count). The van der Waals surface area contributed by atoms with Gasteiger partial charge in [0.1, 0.15) is 5.82 Å². The molecule has 6 heteroatoms. The highest BCUT2D eigenvalue weighted by Crippen LogP contribution is 2.45. The van der Waals surface area contributed by atoms with E-state index < -0.39 is 0 Å². The number of halogens is 1. The van der Waals surface area contributed by atoms with E-state index in [-0.39, 0.29) is 17.4 Å². The summed E-state index contributed by atoms with van der Waals surface area (Å²) in [5.41, 5.74) is 2.10. The summed E-state index contributed by atoms with van der Waals surface area (Å²) in [7, 11) is 0. The van der Waals surface area contributed by atoms with E-state index in [0.717, 1.165) is 29.3 Å². The fraction of sp³-hybridized carbons (Fsp3) is 0.176. The smallest absolute Gasteiger partial charge is 0.319 e. The third-order valence-corrected chi connectivity index (χ3v) is 4.20. The van der Waals surface area contributed by atoms with Crippen molar-refractivity contribution in [2.45, 2.75) is 18.4 Å². The van der Waals surface area contributed by atoms with Crippen molar-refractivity contribution in [2.24, 2.45) is 0 Å².